The summed E-state index contributed by atoms with van der Waals surface area (Å²) in [5, 5.41) is 19.5. The largest absolute Gasteiger partial charge is 0.496 e. The van der Waals surface area contributed by atoms with E-state index in [-0.39, 0.29) is 12.3 Å². The molecule has 0 atom stereocenters. The van der Waals surface area contributed by atoms with Crippen molar-refractivity contribution in [1.29, 1.82) is 0 Å². The van der Waals surface area contributed by atoms with Gasteiger partial charge in [-0.1, -0.05) is 6.07 Å². The Morgan fingerprint density at radius 1 is 1.28 bits per heavy atom. The van der Waals surface area contributed by atoms with Crippen molar-refractivity contribution in [2.45, 2.75) is 13.5 Å². The fourth-order valence-corrected chi connectivity index (χ4v) is 2.27. The molecule has 0 unspecified atom stereocenters. The summed E-state index contributed by atoms with van der Waals surface area (Å²) in [6, 6.07) is 9.74. The van der Waals surface area contributed by atoms with Gasteiger partial charge in [0.25, 0.3) is 5.69 Å². The van der Waals surface area contributed by atoms with Crippen LogP contribution in [0.4, 0.5) is 5.69 Å². The molecule has 0 aliphatic heterocycles. The molecule has 130 valence electrons. The van der Waals surface area contributed by atoms with Crippen molar-refractivity contribution in [2.75, 3.05) is 7.11 Å². The van der Waals surface area contributed by atoms with Crippen LogP contribution in [0, 0.1) is 17.0 Å². The third-order valence-electron chi connectivity index (χ3n) is 3.48. The molecule has 7 heteroatoms. The van der Waals surface area contributed by atoms with Crippen LogP contribution in [0.15, 0.2) is 42.5 Å². The van der Waals surface area contributed by atoms with E-state index in [4.69, 9.17) is 14.6 Å². The van der Waals surface area contributed by atoms with Gasteiger partial charge >= 0.3 is 5.97 Å². The van der Waals surface area contributed by atoms with Gasteiger partial charge in [0, 0.05) is 23.3 Å². The fraction of sp³-hybridized carbons (Fsp3) is 0.167. The Hall–Kier alpha value is -3.35. The van der Waals surface area contributed by atoms with Crippen molar-refractivity contribution in [2.24, 2.45) is 0 Å². The molecule has 0 bridgehead atoms. The van der Waals surface area contributed by atoms with E-state index in [9.17, 15) is 14.9 Å². The Morgan fingerprint density at radius 2 is 2.04 bits per heavy atom. The molecule has 0 radical (unpaired) electrons. The van der Waals surface area contributed by atoms with Crippen LogP contribution >= 0.6 is 0 Å². The highest BCUT2D eigenvalue weighted by Crippen LogP contribution is 2.26. The van der Waals surface area contributed by atoms with E-state index in [0.29, 0.717) is 22.6 Å². The Morgan fingerprint density at radius 3 is 2.64 bits per heavy atom. The Bertz CT molecular complexity index is 828. The van der Waals surface area contributed by atoms with Gasteiger partial charge in [-0.3, -0.25) is 10.1 Å². The molecule has 0 fully saturated rings. The van der Waals surface area contributed by atoms with Crippen molar-refractivity contribution in [3.05, 3.63) is 69.3 Å². The molecule has 2 rings (SSSR count). The van der Waals surface area contributed by atoms with Crippen molar-refractivity contribution in [3.63, 3.8) is 0 Å². The number of aliphatic carboxylic acids is 1. The van der Waals surface area contributed by atoms with Crippen LogP contribution in [-0.4, -0.2) is 23.1 Å². The highest BCUT2D eigenvalue weighted by molar-refractivity contribution is 5.85. The third-order valence-corrected chi connectivity index (χ3v) is 3.48. The smallest absolute Gasteiger partial charge is 0.328 e. The highest BCUT2D eigenvalue weighted by Gasteiger charge is 2.11. The summed E-state index contributed by atoms with van der Waals surface area (Å²) in [6.07, 6.45) is 2.52. The number of carbonyl (C=O) groups is 1. The van der Waals surface area contributed by atoms with Crippen LogP contribution in [0.3, 0.4) is 0 Å². The first kappa shape index (κ1) is 18.0. The van der Waals surface area contributed by atoms with Gasteiger partial charge < -0.3 is 14.6 Å². The van der Waals surface area contributed by atoms with Gasteiger partial charge in [0.2, 0.25) is 0 Å². The number of nitro benzene ring substituents is 1. The number of carboxylic acids is 1. The second kappa shape index (κ2) is 7.96. The van der Waals surface area contributed by atoms with E-state index in [1.807, 2.05) is 0 Å². The molecule has 0 aliphatic carbocycles. The number of hydrogen-bond donors (Lipinski definition) is 1. The predicted octanol–water partition coefficient (Wildman–Crippen LogP) is 3.59. The summed E-state index contributed by atoms with van der Waals surface area (Å²) >= 11 is 0. The molecule has 25 heavy (non-hydrogen) atoms. The van der Waals surface area contributed by atoms with Crippen LogP contribution in [0.2, 0.25) is 0 Å². The van der Waals surface area contributed by atoms with Gasteiger partial charge in [-0.2, -0.15) is 0 Å². The lowest BCUT2D eigenvalue weighted by Crippen LogP contribution is -2.00. The van der Waals surface area contributed by atoms with E-state index >= 15 is 0 Å². The molecule has 0 saturated heterocycles. The first-order valence-electron chi connectivity index (χ1n) is 7.36. The average molecular weight is 343 g/mol. The molecule has 0 aromatic heterocycles. The average Bonchev–Trinajstić information content (AvgIpc) is 2.57. The Kier molecular flexibility index (Phi) is 5.73. The van der Waals surface area contributed by atoms with E-state index < -0.39 is 10.9 Å². The minimum Gasteiger partial charge on any atom is -0.496 e. The number of ether oxygens (including phenoxy) is 2. The summed E-state index contributed by atoms with van der Waals surface area (Å²) in [7, 11) is 1.53. The van der Waals surface area contributed by atoms with Crippen LogP contribution in [0.5, 0.6) is 11.5 Å². The van der Waals surface area contributed by atoms with Gasteiger partial charge in [0.1, 0.15) is 18.1 Å². The SMILES string of the molecule is COc1ccc(C=CC(=O)O)cc1COc1ccc([N+](=O)[O-])c(C)c1. The van der Waals surface area contributed by atoms with E-state index in [2.05, 4.69) is 0 Å². The third kappa shape index (κ3) is 4.81. The lowest BCUT2D eigenvalue weighted by Gasteiger charge is -2.11. The number of carboxylic acid groups (broad SMARTS) is 1. The summed E-state index contributed by atoms with van der Waals surface area (Å²) in [6.45, 7) is 1.82. The van der Waals surface area contributed by atoms with Crippen LogP contribution in [0.1, 0.15) is 16.7 Å². The minimum atomic E-state index is -1.03. The molecule has 0 amide bonds. The molecule has 0 heterocycles. The molecular weight excluding hydrogens is 326 g/mol. The zero-order chi connectivity index (χ0) is 18.4. The molecule has 2 aromatic carbocycles. The van der Waals surface area contributed by atoms with Crippen LogP contribution < -0.4 is 9.47 Å². The molecule has 1 N–H and O–H groups in total. The van der Waals surface area contributed by atoms with Gasteiger partial charge in [-0.25, -0.2) is 4.79 Å². The zero-order valence-electron chi connectivity index (χ0n) is 13.8. The highest BCUT2D eigenvalue weighted by atomic mass is 16.6. The number of methoxy groups -OCH3 is 1. The lowest BCUT2D eigenvalue weighted by atomic mass is 10.1. The maximum atomic E-state index is 10.8. The molecule has 0 spiro atoms. The Labute approximate surface area is 144 Å². The van der Waals surface area contributed by atoms with Crippen LogP contribution in [0.25, 0.3) is 6.08 Å². The van der Waals surface area contributed by atoms with Gasteiger partial charge in [-0.15, -0.1) is 0 Å². The number of rotatable bonds is 7. The van der Waals surface area contributed by atoms with Gasteiger partial charge in [-0.05, 0) is 42.8 Å². The number of hydrogen-bond acceptors (Lipinski definition) is 5. The molecule has 2 aromatic rings. The number of nitro groups is 1. The first-order valence-corrected chi connectivity index (χ1v) is 7.36. The normalized spacial score (nSPS) is 10.6. The quantitative estimate of drug-likeness (QED) is 0.468. The standard InChI is InChI=1S/C18H17NO6/c1-12-9-15(5-6-16(12)19(22)23)25-11-14-10-13(4-8-18(20)21)3-7-17(14)24-2/h3-10H,11H2,1-2H3,(H,20,21). The second-order valence-electron chi connectivity index (χ2n) is 5.24. The molecule has 0 saturated carbocycles. The summed E-state index contributed by atoms with van der Waals surface area (Å²) in [5.41, 5.74) is 1.96. The molecule has 7 nitrogen and oxygen atoms in total. The molecular formula is C18H17NO6. The topological polar surface area (TPSA) is 98.9 Å². The molecule has 0 aliphatic rings. The summed E-state index contributed by atoms with van der Waals surface area (Å²) in [4.78, 5) is 21.0. The van der Waals surface area contributed by atoms with Gasteiger partial charge in [0.15, 0.2) is 0 Å². The fourth-order valence-electron chi connectivity index (χ4n) is 2.27. The zero-order valence-corrected chi connectivity index (χ0v) is 13.8. The monoisotopic (exact) mass is 343 g/mol. The number of aryl methyl sites for hydroxylation is 1. The van der Waals surface area contributed by atoms with E-state index in [1.54, 1.807) is 31.2 Å². The van der Waals surface area contributed by atoms with Crippen molar-refractivity contribution in [1.82, 2.24) is 0 Å². The van der Waals surface area contributed by atoms with Crippen LogP contribution in [-0.2, 0) is 11.4 Å². The van der Waals surface area contributed by atoms with Crippen molar-refractivity contribution < 1.29 is 24.3 Å². The van der Waals surface area contributed by atoms with E-state index in [1.165, 1.54) is 25.3 Å². The number of nitrogens with zero attached hydrogens (tertiary/aromatic N) is 1. The maximum absolute atomic E-state index is 10.8. The second-order valence-corrected chi connectivity index (χ2v) is 5.24. The summed E-state index contributed by atoms with van der Waals surface area (Å²) in [5.74, 6) is 0.0673. The van der Waals surface area contributed by atoms with Crippen molar-refractivity contribution >= 4 is 17.7 Å². The van der Waals surface area contributed by atoms with E-state index in [0.717, 1.165) is 11.6 Å². The predicted molar refractivity (Wildman–Crippen MR) is 91.8 cm³/mol. The minimum absolute atomic E-state index is 0.0331. The maximum Gasteiger partial charge on any atom is 0.328 e. The lowest BCUT2D eigenvalue weighted by molar-refractivity contribution is -0.385. The summed E-state index contributed by atoms with van der Waals surface area (Å²) < 4.78 is 11.0. The Balaban J connectivity index is 2.18. The van der Waals surface area contributed by atoms with Crippen molar-refractivity contribution in [3.8, 4) is 11.5 Å². The first-order chi connectivity index (χ1) is 11.9. The number of benzene rings is 2. The van der Waals surface area contributed by atoms with Gasteiger partial charge in [0.05, 0.1) is 12.0 Å².